The van der Waals surface area contributed by atoms with Crippen molar-refractivity contribution in [3.63, 3.8) is 0 Å². The highest BCUT2D eigenvalue weighted by Gasteiger charge is 2.37. The van der Waals surface area contributed by atoms with Gasteiger partial charge in [0.25, 0.3) is 0 Å². The fourth-order valence-electron chi connectivity index (χ4n) is 3.24. The molecular formula is C17H24N2O. The molecule has 1 aromatic rings. The number of carbonyl (C=O) groups excluding carboxylic acids is 1. The highest BCUT2D eigenvalue weighted by atomic mass is 16.2. The van der Waals surface area contributed by atoms with Crippen molar-refractivity contribution in [2.45, 2.75) is 57.2 Å². The maximum Gasteiger partial charge on any atom is 0.226 e. The lowest BCUT2D eigenvalue weighted by Crippen LogP contribution is -2.41. The molecule has 2 atom stereocenters. The molecule has 3 heteroatoms. The molecule has 2 N–H and O–H groups in total. The predicted octanol–water partition coefficient (Wildman–Crippen LogP) is 2.70. The zero-order valence-electron chi connectivity index (χ0n) is 12.0. The van der Waals surface area contributed by atoms with Crippen LogP contribution in [0, 0.1) is 5.92 Å². The average Bonchev–Trinajstić information content (AvgIpc) is 3.30. The average molecular weight is 272 g/mol. The van der Waals surface area contributed by atoms with E-state index in [0.717, 1.165) is 45.1 Å². The van der Waals surface area contributed by atoms with Gasteiger partial charge in [-0.2, -0.15) is 0 Å². The second-order valence-electron chi connectivity index (χ2n) is 6.31. The number of nitrogens with zero attached hydrogens (tertiary/aromatic N) is 1. The van der Waals surface area contributed by atoms with Crippen LogP contribution in [0.15, 0.2) is 30.3 Å². The van der Waals surface area contributed by atoms with Crippen LogP contribution in [-0.2, 0) is 11.3 Å². The van der Waals surface area contributed by atoms with Gasteiger partial charge < -0.3 is 10.6 Å². The van der Waals surface area contributed by atoms with Crippen LogP contribution < -0.4 is 5.73 Å². The highest BCUT2D eigenvalue weighted by Crippen LogP contribution is 2.33. The molecule has 1 aromatic carbocycles. The van der Waals surface area contributed by atoms with Crippen molar-refractivity contribution in [1.29, 1.82) is 0 Å². The van der Waals surface area contributed by atoms with Gasteiger partial charge in [0.1, 0.15) is 0 Å². The largest absolute Gasteiger partial charge is 0.335 e. The van der Waals surface area contributed by atoms with Crippen LogP contribution in [0.3, 0.4) is 0 Å². The zero-order chi connectivity index (χ0) is 13.9. The molecule has 0 aliphatic heterocycles. The maximum atomic E-state index is 12.8. The van der Waals surface area contributed by atoms with Crippen molar-refractivity contribution in [2.75, 3.05) is 0 Å². The van der Waals surface area contributed by atoms with Crippen LogP contribution in [-0.4, -0.2) is 22.9 Å². The monoisotopic (exact) mass is 272 g/mol. The molecule has 0 aromatic heterocycles. The van der Waals surface area contributed by atoms with E-state index in [4.69, 9.17) is 5.73 Å². The van der Waals surface area contributed by atoms with Crippen LogP contribution >= 0.6 is 0 Å². The summed E-state index contributed by atoms with van der Waals surface area (Å²) in [6, 6.07) is 11.0. The quantitative estimate of drug-likeness (QED) is 0.916. The van der Waals surface area contributed by atoms with Crippen LogP contribution in [0.2, 0.25) is 0 Å². The summed E-state index contributed by atoms with van der Waals surface area (Å²) in [4.78, 5) is 14.9. The molecule has 1 amide bonds. The van der Waals surface area contributed by atoms with E-state index in [1.54, 1.807) is 0 Å². The van der Waals surface area contributed by atoms with Crippen molar-refractivity contribution < 1.29 is 4.79 Å². The third kappa shape index (κ3) is 3.21. The summed E-state index contributed by atoms with van der Waals surface area (Å²) in [6.45, 7) is 0.760. The lowest BCUT2D eigenvalue weighted by atomic mass is 9.85. The van der Waals surface area contributed by atoms with Gasteiger partial charge in [0.15, 0.2) is 0 Å². The fourth-order valence-corrected chi connectivity index (χ4v) is 3.24. The Hall–Kier alpha value is -1.35. The first-order chi connectivity index (χ1) is 9.74. The number of hydrogen-bond acceptors (Lipinski definition) is 2. The molecule has 20 heavy (non-hydrogen) atoms. The van der Waals surface area contributed by atoms with Gasteiger partial charge in [-0.25, -0.2) is 0 Å². The van der Waals surface area contributed by atoms with Crippen molar-refractivity contribution in [3.05, 3.63) is 35.9 Å². The van der Waals surface area contributed by atoms with Crippen molar-refractivity contribution in [2.24, 2.45) is 11.7 Å². The summed E-state index contributed by atoms with van der Waals surface area (Å²) in [7, 11) is 0. The fraction of sp³-hybridized carbons (Fsp3) is 0.588. The number of benzene rings is 1. The van der Waals surface area contributed by atoms with Crippen molar-refractivity contribution in [1.82, 2.24) is 4.90 Å². The van der Waals surface area contributed by atoms with E-state index in [1.807, 2.05) is 18.2 Å². The molecule has 2 fully saturated rings. The van der Waals surface area contributed by atoms with E-state index in [2.05, 4.69) is 17.0 Å². The van der Waals surface area contributed by atoms with Gasteiger partial charge in [0, 0.05) is 24.5 Å². The third-order valence-corrected chi connectivity index (χ3v) is 4.53. The smallest absolute Gasteiger partial charge is 0.226 e. The molecule has 0 spiro atoms. The maximum absolute atomic E-state index is 12.8. The van der Waals surface area contributed by atoms with E-state index in [1.165, 1.54) is 5.56 Å². The molecule has 3 nitrogen and oxygen atoms in total. The summed E-state index contributed by atoms with van der Waals surface area (Å²) in [5, 5.41) is 0. The lowest BCUT2D eigenvalue weighted by Gasteiger charge is -2.31. The second-order valence-corrected chi connectivity index (χ2v) is 6.31. The molecule has 0 bridgehead atoms. The molecule has 0 saturated heterocycles. The normalized spacial score (nSPS) is 26.2. The van der Waals surface area contributed by atoms with Gasteiger partial charge in [-0.1, -0.05) is 36.8 Å². The Morgan fingerprint density at radius 3 is 2.55 bits per heavy atom. The first-order valence-corrected chi connectivity index (χ1v) is 7.84. The Balaban J connectivity index is 1.68. The molecule has 3 rings (SSSR count). The summed E-state index contributed by atoms with van der Waals surface area (Å²) in [5.74, 6) is 0.495. The second kappa shape index (κ2) is 5.96. The Morgan fingerprint density at radius 2 is 1.90 bits per heavy atom. The minimum atomic E-state index is 0.156. The standard InChI is InChI=1S/C17H24N2O/c18-15-8-4-7-14(11-15)17(20)19(16-9-10-16)12-13-5-2-1-3-6-13/h1-3,5-6,14-16H,4,7-12,18H2. The SMILES string of the molecule is NC1CCCC(C(=O)N(Cc2ccccc2)C2CC2)C1. The Morgan fingerprint density at radius 1 is 1.15 bits per heavy atom. The van der Waals surface area contributed by atoms with E-state index in [-0.39, 0.29) is 12.0 Å². The first kappa shape index (κ1) is 13.6. The molecule has 0 radical (unpaired) electrons. The third-order valence-electron chi connectivity index (χ3n) is 4.53. The van der Waals surface area contributed by atoms with Gasteiger partial charge in [0.2, 0.25) is 5.91 Å². The Bertz CT molecular complexity index is 455. The van der Waals surface area contributed by atoms with Gasteiger partial charge in [-0.05, 0) is 37.7 Å². The van der Waals surface area contributed by atoms with Gasteiger partial charge in [-0.3, -0.25) is 4.79 Å². The van der Waals surface area contributed by atoms with Crippen LogP contribution in [0.1, 0.15) is 44.1 Å². The highest BCUT2D eigenvalue weighted by molar-refractivity contribution is 5.79. The Kier molecular flexibility index (Phi) is 4.06. The molecular weight excluding hydrogens is 248 g/mol. The van der Waals surface area contributed by atoms with E-state index < -0.39 is 0 Å². The lowest BCUT2D eigenvalue weighted by molar-refractivity contribution is -0.138. The molecule has 2 aliphatic rings. The number of nitrogens with two attached hydrogens (primary N) is 1. The summed E-state index contributed by atoms with van der Waals surface area (Å²) >= 11 is 0. The van der Waals surface area contributed by atoms with Crippen molar-refractivity contribution >= 4 is 5.91 Å². The van der Waals surface area contributed by atoms with E-state index >= 15 is 0 Å². The van der Waals surface area contributed by atoms with Gasteiger partial charge in [0.05, 0.1) is 0 Å². The number of amides is 1. The summed E-state index contributed by atoms with van der Waals surface area (Å²) < 4.78 is 0. The van der Waals surface area contributed by atoms with Crippen LogP contribution in [0.5, 0.6) is 0 Å². The topological polar surface area (TPSA) is 46.3 Å². The van der Waals surface area contributed by atoms with E-state index in [0.29, 0.717) is 11.9 Å². The van der Waals surface area contributed by atoms with Crippen LogP contribution in [0.25, 0.3) is 0 Å². The summed E-state index contributed by atoms with van der Waals surface area (Å²) in [5.41, 5.74) is 7.27. The minimum absolute atomic E-state index is 0.156. The number of carbonyl (C=O) groups is 1. The van der Waals surface area contributed by atoms with Gasteiger partial charge in [-0.15, -0.1) is 0 Å². The first-order valence-electron chi connectivity index (χ1n) is 7.84. The molecule has 2 unspecified atom stereocenters. The Labute approximate surface area is 121 Å². The molecule has 108 valence electrons. The van der Waals surface area contributed by atoms with Gasteiger partial charge >= 0.3 is 0 Å². The molecule has 2 aliphatic carbocycles. The van der Waals surface area contributed by atoms with Crippen LogP contribution in [0.4, 0.5) is 0 Å². The zero-order valence-corrected chi connectivity index (χ0v) is 12.0. The minimum Gasteiger partial charge on any atom is -0.335 e. The number of rotatable bonds is 4. The van der Waals surface area contributed by atoms with Crippen molar-refractivity contribution in [3.8, 4) is 0 Å². The molecule has 2 saturated carbocycles. The van der Waals surface area contributed by atoms with E-state index in [9.17, 15) is 4.79 Å². The molecule has 0 heterocycles. The number of hydrogen-bond donors (Lipinski definition) is 1. The summed E-state index contributed by atoms with van der Waals surface area (Å²) in [6.07, 6.45) is 6.39. The predicted molar refractivity (Wildman–Crippen MR) is 79.9 cm³/mol.